The van der Waals surface area contributed by atoms with Crippen molar-refractivity contribution in [2.45, 2.75) is 18.9 Å². The van der Waals surface area contributed by atoms with Gasteiger partial charge in [0, 0.05) is 24.4 Å². The molecule has 0 aliphatic carbocycles. The van der Waals surface area contributed by atoms with Crippen molar-refractivity contribution in [3.8, 4) is 0 Å². The Morgan fingerprint density at radius 2 is 2.00 bits per heavy atom. The van der Waals surface area contributed by atoms with Crippen molar-refractivity contribution in [1.29, 1.82) is 0 Å². The van der Waals surface area contributed by atoms with Crippen LogP contribution in [-0.2, 0) is 14.4 Å². The summed E-state index contributed by atoms with van der Waals surface area (Å²) in [5, 5.41) is 18.2. The minimum Gasteiger partial charge on any atom is -0.481 e. The molecule has 0 unspecified atom stereocenters. The molecule has 1 fully saturated rings. The zero-order chi connectivity index (χ0) is 19.6. The van der Waals surface area contributed by atoms with E-state index >= 15 is 0 Å². The van der Waals surface area contributed by atoms with Crippen LogP contribution in [0.2, 0.25) is 0 Å². The Hall–Kier alpha value is -2.85. The van der Waals surface area contributed by atoms with Crippen LogP contribution in [0, 0.1) is 0 Å². The predicted octanol–water partition coefficient (Wildman–Crippen LogP) is 2.15. The number of fused-ring (bicyclic) bond motifs is 1. The first-order chi connectivity index (χ1) is 12.9. The lowest BCUT2D eigenvalue weighted by molar-refractivity contribution is -0.146. The number of hydrogen-bond donors (Lipinski definition) is 2. The highest BCUT2D eigenvalue weighted by Crippen LogP contribution is 2.35. The molecule has 138 valence electrons. The van der Waals surface area contributed by atoms with Gasteiger partial charge in [-0.1, -0.05) is 36.1 Å². The van der Waals surface area contributed by atoms with Gasteiger partial charge in [-0.25, -0.2) is 4.79 Å². The number of carboxylic acid groups (broad SMARTS) is 2. The second-order valence-electron chi connectivity index (χ2n) is 5.61. The number of thiocarbonyl (C=S) groups is 1. The summed E-state index contributed by atoms with van der Waals surface area (Å²) in [6, 6.07) is 4.00. The highest BCUT2D eigenvalue weighted by Gasteiger charge is 2.40. The fraction of sp³-hybridized carbons (Fsp3) is 0.176. The SMILES string of the molecule is O=C(O)CC[C@@H](C(=O)O)N1C(=O)/C(=C/c2cccc3nccnc23)SC1=S. The van der Waals surface area contributed by atoms with Gasteiger partial charge < -0.3 is 10.2 Å². The Labute approximate surface area is 162 Å². The zero-order valence-corrected chi connectivity index (χ0v) is 15.4. The number of carboxylic acids is 2. The second kappa shape index (κ2) is 7.80. The fourth-order valence-electron chi connectivity index (χ4n) is 2.64. The lowest BCUT2D eigenvalue weighted by atomic mass is 10.1. The van der Waals surface area contributed by atoms with E-state index in [-0.39, 0.29) is 22.1 Å². The maximum Gasteiger partial charge on any atom is 0.326 e. The third-order valence-electron chi connectivity index (χ3n) is 3.87. The van der Waals surface area contributed by atoms with Crippen LogP contribution in [0.3, 0.4) is 0 Å². The smallest absolute Gasteiger partial charge is 0.326 e. The third-order valence-corrected chi connectivity index (χ3v) is 5.20. The Balaban J connectivity index is 1.94. The van der Waals surface area contributed by atoms with Gasteiger partial charge in [0.1, 0.15) is 10.4 Å². The molecule has 3 rings (SSSR count). The molecular weight excluding hydrogens is 390 g/mol. The van der Waals surface area contributed by atoms with E-state index in [2.05, 4.69) is 9.97 Å². The lowest BCUT2D eigenvalue weighted by Crippen LogP contribution is -2.44. The standard InChI is InChI=1S/C17H13N3O5S2/c21-13(22)5-4-11(16(24)25)20-15(23)12(27-17(20)26)8-9-2-1-3-10-14(9)19-7-6-18-10/h1-3,6-8,11H,4-5H2,(H,21,22)(H,24,25)/b12-8-/t11-/m0/s1. The second-order valence-corrected chi connectivity index (χ2v) is 7.29. The number of carbonyl (C=O) groups is 3. The van der Waals surface area contributed by atoms with Gasteiger partial charge in [-0.05, 0) is 18.6 Å². The van der Waals surface area contributed by atoms with Crippen LogP contribution in [0.25, 0.3) is 17.1 Å². The Morgan fingerprint density at radius 1 is 1.26 bits per heavy atom. The largest absolute Gasteiger partial charge is 0.481 e. The number of nitrogens with zero attached hydrogens (tertiary/aromatic N) is 3. The van der Waals surface area contributed by atoms with Crippen molar-refractivity contribution in [2.75, 3.05) is 0 Å². The van der Waals surface area contributed by atoms with E-state index in [1.54, 1.807) is 30.5 Å². The van der Waals surface area contributed by atoms with Crippen LogP contribution in [-0.4, -0.2) is 53.3 Å². The monoisotopic (exact) mass is 403 g/mol. The van der Waals surface area contributed by atoms with Crippen molar-refractivity contribution in [2.24, 2.45) is 0 Å². The lowest BCUT2D eigenvalue weighted by Gasteiger charge is -2.22. The van der Waals surface area contributed by atoms with Gasteiger partial charge in [-0.3, -0.25) is 24.5 Å². The van der Waals surface area contributed by atoms with Crippen molar-refractivity contribution in [1.82, 2.24) is 14.9 Å². The highest BCUT2D eigenvalue weighted by molar-refractivity contribution is 8.26. The number of para-hydroxylation sites is 1. The molecule has 2 N–H and O–H groups in total. The molecule has 8 nitrogen and oxygen atoms in total. The number of hydrogen-bond acceptors (Lipinski definition) is 7. The number of carbonyl (C=O) groups excluding carboxylic acids is 1. The summed E-state index contributed by atoms with van der Waals surface area (Å²) in [5.74, 6) is -3.01. The molecule has 1 aliphatic rings. The molecule has 1 saturated heterocycles. The van der Waals surface area contributed by atoms with Gasteiger partial charge in [0.25, 0.3) is 5.91 Å². The third kappa shape index (κ3) is 3.96. The molecule has 1 aliphatic heterocycles. The zero-order valence-electron chi connectivity index (χ0n) is 13.7. The molecule has 2 heterocycles. The average Bonchev–Trinajstić information content (AvgIpc) is 2.89. The van der Waals surface area contributed by atoms with Gasteiger partial charge >= 0.3 is 11.9 Å². The van der Waals surface area contributed by atoms with E-state index in [1.165, 1.54) is 6.20 Å². The maximum atomic E-state index is 12.7. The minimum atomic E-state index is -1.33. The summed E-state index contributed by atoms with van der Waals surface area (Å²) >= 11 is 6.15. The van der Waals surface area contributed by atoms with E-state index in [0.717, 1.165) is 16.7 Å². The van der Waals surface area contributed by atoms with E-state index < -0.39 is 23.9 Å². The first-order valence-corrected chi connectivity index (χ1v) is 9.02. The van der Waals surface area contributed by atoms with Crippen molar-refractivity contribution in [3.05, 3.63) is 41.1 Å². The van der Waals surface area contributed by atoms with Crippen LogP contribution < -0.4 is 0 Å². The average molecular weight is 403 g/mol. The van der Waals surface area contributed by atoms with Crippen molar-refractivity contribution < 1.29 is 24.6 Å². The predicted molar refractivity (Wildman–Crippen MR) is 103 cm³/mol. The van der Waals surface area contributed by atoms with Crippen LogP contribution in [0.5, 0.6) is 0 Å². The van der Waals surface area contributed by atoms with E-state index in [0.29, 0.717) is 16.6 Å². The summed E-state index contributed by atoms with van der Waals surface area (Å²) in [4.78, 5) is 44.7. The quantitative estimate of drug-likeness (QED) is 0.552. The molecule has 27 heavy (non-hydrogen) atoms. The Kier molecular flexibility index (Phi) is 5.47. The minimum absolute atomic E-state index is 0.0790. The van der Waals surface area contributed by atoms with Gasteiger partial charge in [0.15, 0.2) is 0 Å². The van der Waals surface area contributed by atoms with Crippen molar-refractivity contribution in [3.63, 3.8) is 0 Å². The Morgan fingerprint density at radius 3 is 2.70 bits per heavy atom. The molecule has 0 saturated carbocycles. The van der Waals surface area contributed by atoms with Gasteiger partial charge in [0.2, 0.25) is 0 Å². The summed E-state index contributed by atoms with van der Waals surface area (Å²) in [7, 11) is 0. The molecule has 2 aromatic rings. The number of rotatable bonds is 6. The first-order valence-electron chi connectivity index (χ1n) is 7.80. The molecule has 0 spiro atoms. The van der Waals surface area contributed by atoms with Gasteiger partial charge in [-0.15, -0.1) is 0 Å². The summed E-state index contributed by atoms with van der Waals surface area (Å²) in [6.07, 6.45) is 4.07. The molecule has 1 aromatic heterocycles. The van der Waals surface area contributed by atoms with E-state index in [9.17, 15) is 19.5 Å². The van der Waals surface area contributed by atoms with Crippen LogP contribution >= 0.6 is 24.0 Å². The van der Waals surface area contributed by atoms with E-state index in [1.807, 2.05) is 0 Å². The molecule has 10 heteroatoms. The highest BCUT2D eigenvalue weighted by atomic mass is 32.2. The molecular formula is C17H13N3O5S2. The van der Waals surface area contributed by atoms with Crippen LogP contribution in [0.15, 0.2) is 35.5 Å². The first kappa shape index (κ1) is 18.9. The normalized spacial score (nSPS) is 16.9. The number of aromatic nitrogens is 2. The number of benzene rings is 1. The maximum absolute atomic E-state index is 12.7. The molecule has 1 aromatic carbocycles. The summed E-state index contributed by atoms with van der Waals surface area (Å²) in [6.45, 7) is 0. The summed E-state index contributed by atoms with van der Waals surface area (Å²) < 4.78 is 0.0790. The van der Waals surface area contributed by atoms with Crippen LogP contribution in [0.4, 0.5) is 0 Å². The van der Waals surface area contributed by atoms with Gasteiger partial charge in [-0.2, -0.15) is 0 Å². The Bertz CT molecular complexity index is 986. The molecule has 0 radical (unpaired) electrons. The number of amides is 1. The number of aliphatic carboxylic acids is 2. The van der Waals surface area contributed by atoms with Crippen LogP contribution in [0.1, 0.15) is 18.4 Å². The topological polar surface area (TPSA) is 121 Å². The molecule has 1 atom stereocenters. The van der Waals surface area contributed by atoms with Gasteiger partial charge in [0.05, 0.1) is 15.9 Å². The summed E-state index contributed by atoms with van der Waals surface area (Å²) in [5.41, 5.74) is 1.91. The molecule has 1 amide bonds. The fourth-order valence-corrected chi connectivity index (χ4v) is 3.99. The number of thioether (sulfide) groups is 1. The molecule has 0 bridgehead atoms. The van der Waals surface area contributed by atoms with Crippen molar-refractivity contribution >= 4 is 63.3 Å². The van der Waals surface area contributed by atoms with E-state index in [4.69, 9.17) is 17.3 Å².